The van der Waals surface area contributed by atoms with Crippen LogP contribution in [-0.2, 0) is 19.5 Å². The standard InChI is InChI=1S/C26H35FN4O5S2/c1-5-29(6-2)13-14-31(26-28-23-12-9-21(27)19-24(23)37-26)25(32)20-7-10-22(11-8-20)38(33,34)30(15-17-35-3)16-18-36-4/h7-12,19H,5-6,13-18H2,1-4H3. The molecule has 1 amide bonds. The van der Waals surface area contributed by atoms with Gasteiger partial charge < -0.3 is 14.4 Å². The lowest BCUT2D eigenvalue weighted by atomic mass is 10.2. The summed E-state index contributed by atoms with van der Waals surface area (Å²) in [5.41, 5.74) is 0.940. The van der Waals surface area contributed by atoms with Crippen molar-refractivity contribution in [2.45, 2.75) is 18.7 Å². The topological polar surface area (TPSA) is 92.3 Å². The number of aromatic nitrogens is 1. The van der Waals surface area contributed by atoms with Gasteiger partial charge in [-0.1, -0.05) is 25.2 Å². The number of sulfonamides is 1. The van der Waals surface area contributed by atoms with Crippen molar-refractivity contribution in [3.63, 3.8) is 0 Å². The van der Waals surface area contributed by atoms with Crippen LogP contribution in [0.15, 0.2) is 47.4 Å². The van der Waals surface area contributed by atoms with Gasteiger partial charge in [0.25, 0.3) is 5.91 Å². The number of hydrogen-bond acceptors (Lipinski definition) is 8. The molecule has 3 aromatic rings. The van der Waals surface area contributed by atoms with Gasteiger partial charge in [0, 0.05) is 46.0 Å². The summed E-state index contributed by atoms with van der Waals surface area (Å²) in [5, 5.41) is 0.463. The quantitative estimate of drug-likeness (QED) is 0.277. The molecule has 0 N–H and O–H groups in total. The Labute approximate surface area is 227 Å². The molecule has 2 aromatic carbocycles. The summed E-state index contributed by atoms with van der Waals surface area (Å²) < 4.78 is 52.3. The summed E-state index contributed by atoms with van der Waals surface area (Å²) >= 11 is 1.25. The number of carbonyl (C=O) groups excluding carboxylic acids is 1. The van der Waals surface area contributed by atoms with E-state index in [-0.39, 0.29) is 42.9 Å². The third-order valence-electron chi connectivity index (χ3n) is 6.18. The molecule has 0 fully saturated rings. The van der Waals surface area contributed by atoms with Crippen molar-refractivity contribution < 1.29 is 27.1 Å². The van der Waals surface area contributed by atoms with Crippen molar-refractivity contribution >= 4 is 42.6 Å². The molecular weight excluding hydrogens is 531 g/mol. The average molecular weight is 567 g/mol. The maximum absolute atomic E-state index is 13.8. The van der Waals surface area contributed by atoms with Gasteiger partial charge in [-0.2, -0.15) is 4.31 Å². The normalized spacial score (nSPS) is 12.1. The van der Waals surface area contributed by atoms with Crippen LogP contribution < -0.4 is 4.90 Å². The predicted molar refractivity (Wildman–Crippen MR) is 148 cm³/mol. The number of fused-ring (bicyclic) bond motifs is 1. The second-order valence-electron chi connectivity index (χ2n) is 8.51. The van der Waals surface area contributed by atoms with E-state index in [1.54, 1.807) is 11.0 Å². The maximum Gasteiger partial charge on any atom is 0.260 e. The fourth-order valence-corrected chi connectivity index (χ4v) is 6.30. The number of amides is 1. The van der Waals surface area contributed by atoms with Crippen LogP contribution in [0, 0.1) is 5.82 Å². The van der Waals surface area contributed by atoms with E-state index in [4.69, 9.17) is 9.47 Å². The molecule has 9 nitrogen and oxygen atoms in total. The van der Waals surface area contributed by atoms with Crippen LogP contribution in [0.2, 0.25) is 0 Å². The SMILES string of the molecule is CCN(CC)CCN(C(=O)c1ccc(S(=O)(=O)N(CCOC)CCOC)cc1)c1nc2ccc(F)cc2s1. The van der Waals surface area contributed by atoms with Gasteiger partial charge in [-0.05, 0) is 55.6 Å². The first-order chi connectivity index (χ1) is 18.2. The summed E-state index contributed by atoms with van der Waals surface area (Å²) in [5.74, 6) is -0.674. The molecule has 0 atom stereocenters. The van der Waals surface area contributed by atoms with Crippen LogP contribution >= 0.6 is 11.3 Å². The molecule has 0 bridgehead atoms. The van der Waals surface area contributed by atoms with E-state index in [1.165, 1.54) is 66.3 Å². The Bertz CT molecular complexity index is 1290. The van der Waals surface area contributed by atoms with E-state index < -0.39 is 10.0 Å². The largest absolute Gasteiger partial charge is 0.383 e. The number of thiazole rings is 1. The van der Waals surface area contributed by atoms with Gasteiger partial charge in [0.15, 0.2) is 5.13 Å². The van der Waals surface area contributed by atoms with Crippen molar-refractivity contribution in [1.82, 2.24) is 14.2 Å². The first-order valence-corrected chi connectivity index (χ1v) is 14.7. The van der Waals surface area contributed by atoms with Crippen LogP contribution in [-0.4, -0.2) is 95.2 Å². The zero-order valence-corrected chi connectivity index (χ0v) is 23.9. The summed E-state index contributed by atoms with van der Waals surface area (Å²) in [6.45, 7) is 7.63. The fourth-order valence-electron chi connectivity index (χ4n) is 3.88. The second kappa shape index (κ2) is 14.1. The molecule has 0 aliphatic rings. The van der Waals surface area contributed by atoms with Crippen LogP contribution in [0.3, 0.4) is 0 Å². The summed E-state index contributed by atoms with van der Waals surface area (Å²) in [7, 11) is -0.795. The minimum Gasteiger partial charge on any atom is -0.383 e. The van der Waals surface area contributed by atoms with Gasteiger partial charge in [-0.3, -0.25) is 9.69 Å². The molecule has 12 heteroatoms. The van der Waals surface area contributed by atoms with Crippen molar-refractivity contribution in [2.24, 2.45) is 0 Å². The Morgan fingerprint density at radius 3 is 2.16 bits per heavy atom. The van der Waals surface area contributed by atoms with Crippen LogP contribution in [0.4, 0.5) is 9.52 Å². The van der Waals surface area contributed by atoms with Gasteiger partial charge in [0.2, 0.25) is 10.0 Å². The Kier molecular flexibility index (Phi) is 11.1. The number of likely N-dealkylation sites (N-methyl/N-ethyl adjacent to an activating group) is 1. The number of ether oxygens (including phenoxy) is 2. The molecule has 0 saturated carbocycles. The van der Waals surface area contributed by atoms with Crippen molar-refractivity contribution in [3.05, 3.63) is 53.8 Å². The molecule has 0 unspecified atom stereocenters. The zero-order valence-electron chi connectivity index (χ0n) is 22.2. The summed E-state index contributed by atoms with van der Waals surface area (Å²) in [6.07, 6.45) is 0. The number of anilines is 1. The number of halogens is 1. The number of hydrogen-bond donors (Lipinski definition) is 0. The maximum atomic E-state index is 13.8. The molecule has 38 heavy (non-hydrogen) atoms. The van der Waals surface area contributed by atoms with Crippen LogP contribution in [0.25, 0.3) is 10.2 Å². The Balaban J connectivity index is 1.90. The smallest absolute Gasteiger partial charge is 0.260 e. The fraction of sp³-hybridized carbons (Fsp3) is 0.462. The molecule has 0 aliphatic heterocycles. The Morgan fingerprint density at radius 1 is 0.947 bits per heavy atom. The van der Waals surface area contributed by atoms with Gasteiger partial charge in [0.1, 0.15) is 5.82 Å². The first-order valence-electron chi connectivity index (χ1n) is 12.4. The number of benzene rings is 2. The molecule has 0 aliphatic carbocycles. The van der Waals surface area contributed by atoms with Crippen molar-refractivity contribution in [2.75, 3.05) is 71.6 Å². The summed E-state index contributed by atoms with van der Waals surface area (Å²) in [4.78, 5) is 22.1. The van der Waals surface area contributed by atoms with E-state index in [1.807, 2.05) is 0 Å². The molecule has 0 radical (unpaired) electrons. The van der Waals surface area contributed by atoms with Gasteiger partial charge in [0.05, 0.1) is 28.3 Å². The minimum absolute atomic E-state index is 0.0754. The second-order valence-corrected chi connectivity index (χ2v) is 11.5. The number of rotatable bonds is 15. The predicted octanol–water partition coefficient (Wildman–Crippen LogP) is 3.71. The molecule has 208 valence electrons. The number of nitrogens with zero attached hydrogens (tertiary/aromatic N) is 4. The highest BCUT2D eigenvalue weighted by atomic mass is 32.2. The van der Waals surface area contributed by atoms with Crippen LogP contribution in [0.5, 0.6) is 0 Å². The number of methoxy groups -OCH3 is 2. The minimum atomic E-state index is -3.81. The van der Waals surface area contributed by atoms with Crippen molar-refractivity contribution in [1.29, 1.82) is 0 Å². The van der Waals surface area contributed by atoms with E-state index >= 15 is 0 Å². The van der Waals surface area contributed by atoms with E-state index in [2.05, 4.69) is 23.7 Å². The average Bonchev–Trinajstić information content (AvgIpc) is 3.33. The third kappa shape index (κ3) is 7.33. The highest BCUT2D eigenvalue weighted by Crippen LogP contribution is 2.30. The third-order valence-corrected chi connectivity index (χ3v) is 9.13. The molecule has 1 heterocycles. The van der Waals surface area contributed by atoms with E-state index in [0.29, 0.717) is 34.0 Å². The first kappa shape index (κ1) is 30.1. The summed E-state index contributed by atoms with van der Waals surface area (Å²) in [6, 6.07) is 10.2. The molecule has 0 spiro atoms. The van der Waals surface area contributed by atoms with E-state index in [0.717, 1.165) is 13.1 Å². The van der Waals surface area contributed by atoms with Gasteiger partial charge >= 0.3 is 0 Å². The van der Waals surface area contributed by atoms with Gasteiger partial charge in [-0.25, -0.2) is 17.8 Å². The van der Waals surface area contributed by atoms with Crippen molar-refractivity contribution in [3.8, 4) is 0 Å². The molecule has 3 rings (SSSR count). The molecule has 0 saturated heterocycles. The molecular formula is C26H35FN4O5S2. The lowest BCUT2D eigenvalue weighted by Crippen LogP contribution is -2.39. The number of carbonyl (C=O) groups is 1. The lowest BCUT2D eigenvalue weighted by molar-refractivity contribution is 0.0983. The Hall–Kier alpha value is -2.48. The highest BCUT2D eigenvalue weighted by molar-refractivity contribution is 7.89. The molecule has 1 aromatic heterocycles. The Morgan fingerprint density at radius 2 is 1.58 bits per heavy atom. The van der Waals surface area contributed by atoms with E-state index in [9.17, 15) is 17.6 Å². The lowest BCUT2D eigenvalue weighted by Gasteiger charge is -2.25. The highest BCUT2D eigenvalue weighted by Gasteiger charge is 2.26. The zero-order chi connectivity index (χ0) is 27.7. The van der Waals surface area contributed by atoms with Crippen LogP contribution in [0.1, 0.15) is 24.2 Å². The van der Waals surface area contributed by atoms with Gasteiger partial charge in [-0.15, -0.1) is 0 Å². The monoisotopic (exact) mass is 566 g/mol.